The zero-order valence-corrected chi connectivity index (χ0v) is 30.9. The van der Waals surface area contributed by atoms with Crippen LogP contribution >= 0.6 is 0 Å². The summed E-state index contributed by atoms with van der Waals surface area (Å²) in [5, 5.41) is 16.2. The van der Waals surface area contributed by atoms with Crippen molar-refractivity contribution in [3.8, 4) is 23.0 Å². The molecular formula is C41H46F2N4O7. The molecule has 3 N–H and O–H groups in total. The number of hydrogen-bond acceptors (Lipinski definition) is 9. The van der Waals surface area contributed by atoms with Crippen molar-refractivity contribution >= 4 is 34.1 Å². The number of pyridine rings is 1. The van der Waals surface area contributed by atoms with Crippen LogP contribution in [-0.2, 0) is 14.3 Å². The number of fused-ring (bicyclic) bond motifs is 1. The molecule has 13 heteroatoms. The fourth-order valence-corrected chi connectivity index (χ4v) is 6.51. The second-order valence-corrected chi connectivity index (χ2v) is 14.3. The summed E-state index contributed by atoms with van der Waals surface area (Å²) in [5.74, 6) is -0.796. The Balaban J connectivity index is 1.08. The largest absolute Gasteiger partial charge is 0.493 e. The number of methoxy groups -OCH3 is 1. The number of allylic oxidation sites excluding steroid dienone is 1. The summed E-state index contributed by atoms with van der Waals surface area (Å²) in [5.41, 5.74) is -0.388. The Morgan fingerprint density at radius 2 is 1.81 bits per heavy atom. The van der Waals surface area contributed by atoms with Crippen molar-refractivity contribution in [1.29, 1.82) is 0 Å². The third kappa shape index (κ3) is 9.33. The Hall–Kier alpha value is -5.11. The van der Waals surface area contributed by atoms with Crippen molar-refractivity contribution in [3.05, 3.63) is 90.1 Å². The summed E-state index contributed by atoms with van der Waals surface area (Å²) < 4.78 is 52.5. The van der Waals surface area contributed by atoms with Gasteiger partial charge in [0, 0.05) is 60.7 Å². The Labute approximate surface area is 313 Å². The minimum absolute atomic E-state index is 0.00907. The van der Waals surface area contributed by atoms with Crippen molar-refractivity contribution in [3.63, 3.8) is 0 Å². The number of halogens is 2. The first-order valence-electron chi connectivity index (χ1n) is 18.1. The highest BCUT2D eigenvalue weighted by Gasteiger charge is 2.56. The van der Waals surface area contributed by atoms with Crippen molar-refractivity contribution in [2.45, 2.75) is 58.2 Å². The zero-order valence-electron chi connectivity index (χ0n) is 30.9. The van der Waals surface area contributed by atoms with E-state index in [4.69, 9.17) is 18.9 Å². The van der Waals surface area contributed by atoms with Crippen molar-refractivity contribution in [1.82, 2.24) is 15.2 Å². The van der Waals surface area contributed by atoms with E-state index in [9.17, 15) is 19.1 Å². The number of benzene rings is 3. The molecule has 3 aromatic carbocycles. The summed E-state index contributed by atoms with van der Waals surface area (Å²) in [6, 6.07) is 14.8. The standard InChI is InChI=1S/C41H46F2N4O7/c1-5-32(46-39(49)41(14-15-41)38(48)45-28-10-8-27(42)9-11-28)26-7-12-35(31(43)21-26)54-34-13-16-44-33-23-37(36(51-4)22-30(33)34)53-19-6-17-47-18-20-52-29(25-47)24-40(2,3)50/h5,7-13,16,21-23,29,50H,6,14-15,17-20,24-25H2,1-4H3,(H,45,48)(H,46,49). The average molecular weight is 745 g/mol. The molecule has 0 bridgehead atoms. The molecule has 1 saturated carbocycles. The van der Waals surface area contributed by atoms with Gasteiger partial charge in [0.1, 0.15) is 17.0 Å². The number of carbonyl (C=O) groups is 2. The number of carbonyl (C=O) groups excluding carboxylic acids is 2. The number of nitrogens with one attached hydrogen (secondary N) is 2. The SMILES string of the molecule is CC=C(NC(=O)C1(C(=O)Nc2ccc(F)cc2)CC1)c1ccc(Oc2ccnc3cc(OCCCN4CCOC(CC(C)(C)O)C4)c(OC)cc23)c(F)c1. The lowest BCUT2D eigenvalue weighted by Gasteiger charge is -2.35. The molecule has 11 nitrogen and oxygen atoms in total. The number of anilines is 1. The number of rotatable bonds is 15. The number of amides is 2. The fourth-order valence-electron chi connectivity index (χ4n) is 6.51. The van der Waals surface area contributed by atoms with Crippen molar-refractivity contribution in [2.24, 2.45) is 5.41 Å². The molecule has 0 spiro atoms. The van der Waals surface area contributed by atoms with Crippen LogP contribution in [-0.4, -0.2) is 78.5 Å². The lowest BCUT2D eigenvalue weighted by atomic mass is 10.00. The van der Waals surface area contributed by atoms with Crippen LogP contribution in [0.15, 0.2) is 72.9 Å². The fraction of sp³-hybridized carbons (Fsp3) is 0.390. The molecule has 1 unspecified atom stereocenters. The Kier molecular flexibility index (Phi) is 11.8. The van der Waals surface area contributed by atoms with Gasteiger partial charge in [-0.2, -0.15) is 0 Å². The van der Waals surface area contributed by atoms with E-state index in [1.165, 1.54) is 36.4 Å². The number of aliphatic hydroxyl groups is 1. The highest BCUT2D eigenvalue weighted by Crippen LogP contribution is 2.47. The number of nitrogens with zero attached hydrogens (tertiary/aromatic N) is 2. The third-order valence-electron chi connectivity index (χ3n) is 9.53. The lowest BCUT2D eigenvalue weighted by Crippen LogP contribution is -2.45. The van der Waals surface area contributed by atoms with Crippen LogP contribution in [0.4, 0.5) is 14.5 Å². The van der Waals surface area contributed by atoms with Crippen molar-refractivity contribution < 1.29 is 42.4 Å². The molecule has 1 aliphatic carbocycles. The van der Waals surface area contributed by atoms with E-state index >= 15 is 4.39 Å². The summed E-state index contributed by atoms with van der Waals surface area (Å²) >= 11 is 0. The molecule has 286 valence electrons. The maximum absolute atomic E-state index is 15.6. The van der Waals surface area contributed by atoms with E-state index in [0.717, 1.165) is 26.1 Å². The van der Waals surface area contributed by atoms with Crippen LogP contribution in [0.5, 0.6) is 23.0 Å². The van der Waals surface area contributed by atoms with Crippen LogP contribution < -0.4 is 24.8 Å². The highest BCUT2D eigenvalue weighted by molar-refractivity contribution is 6.14. The second kappa shape index (κ2) is 16.5. The van der Waals surface area contributed by atoms with Gasteiger partial charge in [0.25, 0.3) is 0 Å². The second-order valence-electron chi connectivity index (χ2n) is 14.3. The summed E-state index contributed by atoms with van der Waals surface area (Å²) in [6.07, 6.45) is 5.23. The molecule has 6 rings (SSSR count). The van der Waals surface area contributed by atoms with Crippen LogP contribution in [0.1, 0.15) is 52.0 Å². The van der Waals surface area contributed by atoms with E-state index in [2.05, 4.69) is 20.5 Å². The molecule has 2 aliphatic rings. The minimum Gasteiger partial charge on any atom is -0.493 e. The third-order valence-corrected chi connectivity index (χ3v) is 9.53. The molecular weight excluding hydrogens is 698 g/mol. The number of aromatic nitrogens is 1. The molecule has 1 aromatic heterocycles. The maximum Gasteiger partial charge on any atom is 0.240 e. The van der Waals surface area contributed by atoms with Crippen LogP contribution in [0, 0.1) is 17.0 Å². The van der Waals surface area contributed by atoms with Gasteiger partial charge in [0.15, 0.2) is 23.1 Å². The Bertz CT molecular complexity index is 2010. The Morgan fingerprint density at radius 3 is 2.50 bits per heavy atom. The van der Waals surface area contributed by atoms with Crippen molar-refractivity contribution in [2.75, 3.05) is 45.3 Å². The van der Waals surface area contributed by atoms with Gasteiger partial charge in [-0.3, -0.25) is 19.5 Å². The summed E-state index contributed by atoms with van der Waals surface area (Å²) in [4.78, 5) is 33.1. The quantitative estimate of drug-likeness (QED) is 0.0885. The van der Waals surface area contributed by atoms with Gasteiger partial charge in [0.05, 0.1) is 37.5 Å². The van der Waals surface area contributed by atoms with Gasteiger partial charge in [-0.1, -0.05) is 6.08 Å². The Morgan fingerprint density at radius 1 is 1.04 bits per heavy atom. The average Bonchev–Trinajstić information content (AvgIpc) is 3.96. The monoisotopic (exact) mass is 744 g/mol. The predicted molar refractivity (Wildman–Crippen MR) is 200 cm³/mol. The number of ether oxygens (including phenoxy) is 4. The topological polar surface area (TPSA) is 131 Å². The van der Waals surface area contributed by atoms with Gasteiger partial charge < -0.3 is 34.7 Å². The molecule has 1 saturated heterocycles. The van der Waals surface area contributed by atoms with Gasteiger partial charge in [-0.15, -0.1) is 0 Å². The summed E-state index contributed by atoms with van der Waals surface area (Å²) in [6.45, 7) is 8.76. The molecule has 1 atom stereocenters. The van der Waals surface area contributed by atoms with E-state index < -0.39 is 34.5 Å². The van der Waals surface area contributed by atoms with Gasteiger partial charge in [-0.05, 0) is 94.6 Å². The van der Waals surface area contributed by atoms with Crippen LogP contribution in [0.25, 0.3) is 16.6 Å². The molecule has 2 heterocycles. The van der Waals surface area contributed by atoms with E-state index in [0.29, 0.717) is 77.6 Å². The zero-order chi connectivity index (χ0) is 38.5. The van der Waals surface area contributed by atoms with Gasteiger partial charge >= 0.3 is 0 Å². The maximum atomic E-state index is 15.6. The first kappa shape index (κ1) is 38.6. The number of morpholine rings is 1. The predicted octanol–water partition coefficient (Wildman–Crippen LogP) is 6.84. The molecule has 4 aromatic rings. The lowest BCUT2D eigenvalue weighted by molar-refractivity contribution is -0.133. The molecule has 2 fully saturated rings. The first-order valence-corrected chi connectivity index (χ1v) is 18.1. The van der Waals surface area contributed by atoms with Gasteiger partial charge in [-0.25, -0.2) is 8.78 Å². The van der Waals surface area contributed by atoms with Gasteiger partial charge in [0.2, 0.25) is 11.8 Å². The molecule has 2 amide bonds. The van der Waals surface area contributed by atoms with E-state index in [1.54, 1.807) is 64.4 Å². The van der Waals surface area contributed by atoms with E-state index in [1.807, 2.05) is 0 Å². The molecule has 0 radical (unpaired) electrons. The smallest absolute Gasteiger partial charge is 0.240 e. The molecule has 54 heavy (non-hydrogen) atoms. The number of hydrogen-bond donors (Lipinski definition) is 3. The van der Waals surface area contributed by atoms with Crippen LogP contribution in [0.3, 0.4) is 0 Å². The summed E-state index contributed by atoms with van der Waals surface area (Å²) in [7, 11) is 1.54. The molecule has 1 aliphatic heterocycles. The minimum atomic E-state index is -1.27. The normalized spacial score (nSPS) is 17.2. The highest BCUT2D eigenvalue weighted by atomic mass is 19.1. The van der Waals surface area contributed by atoms with E-state index in [-0.39, 0.29) is 11.9 Å². The van der Waals surface area contributed by atoms with Crippen LogP contribution in [0.2, 0.25) is 0 Å². The first-order chi connectivity index (χ1) is 25.9.